The number of aromatic nitrogens is 2. The molecule has 0 fully saturated rings. The fourth-order valence-corrected chi connectivity index (χ4v) is 1.91. The Morgan fingerprint density at radius 1 is 1.41 bits per heavy atom. The summed E-state index contributed by atoms with van der Waals surface area (Å²) >= 11 is 1.69. The summed E-state index contributed by atoms with van der Waals surface area (Å²) in [6.07, 6.45) is 5.10. The molecule has 0 saturated carbocycles. The van der Waals surface area contributed by atoms with E-state index in [0.29, 0.717) is 6.54 Å². The highest BCUT2D eigenvalue weighted by atomic mass is 32.2. The monoisotopic (exact) mass is 248 g/mol. The standard InChI is InChI=1S/C12H12N2O2S/c1-17-10-4-2-9(3-5-10)6-14-7-11(12(15)16)13-8-14/h2-5,7-8H,6H2,1H3,(H,15,16). The molecule has 2 aromatic rings. The van der Waals surface area contributed by atoms with Crippen molar-refractivity contribution in [3.63, 3.8) is 0 Å². The van der Waals surface area contributed by atoms with Gasteiger partial charge in [0.25, 0.3) is 0 Å². The first-order valence-electron chi connectivity index (χ1n) is 5.07. The maximum Gasteiger partial charge on any atom is 0.356 e. The molecule has 0 amide bonds. The number of nitrogens with zero attached hydrogens (tertiary/aromatic N) is 2. The largest absolute Gasteiger partial charge is 0.476 e. The van der Waals surface area contributed by atoms with Crippen LogP contribution in [-0.4, -0.2) is 26.9 Å². The van der Waals surface area contributed by atoms with E-state index in [1.54, 1.807) is 16.3 Å². The fraction of sp³-hybridized carbons (Fsp3) is 0.167. The van der Waals surface area contributed by atoms with Crippen LogP contribution in [0, 0.1) is 0 Å². The lowest BCUT2D eigenvalue weighted by Crippen LogP contribution is -1.98. The van der Waals surface area contributed by atoms with Gasteiger partial charge in [-0.25, -0.2) is 9.78 Å². The molecule has 0 saturated heterocycles. The molecule has 0 aliphatic rings. The van der Waals surface area contributed by atoms with E-state index in [1.807, 2.05) is 18.4 Å². The maximum atomic E-state index is 10.7. The van der Waals surface area contributed by atoms with Crippen LogP contribution >= 0.6 is 11.8 Å². The van der Waals surface area contributed by atoms with E-state index in [4.69, 9.17) is 5.11 Å². The van der Waals surface area contributed by atoms with Crippen LogP contribution in [0.15, 0.2) is 41.7 Å². The van der Waals surface area contributed by atoms with Crippen LogP contribution in [0.3, 0.4) is 0 Å². The first kappa shape index (κ1) is 11.7. The number of aromatic carboxylic acids is 1. The van der Waals surface area contributed by atoms with Crippen molar-refractivity contribution in [3.8, 4) is 0 Å². The average molecular weight is 248 g/mol. The number of carboxylic acid groups (broad SMARTS) is 1. The molecule has 0 aliphatic heterocycles. The van der Waals surface area contributed by atoms with Crippen molar-refractivity contribution < 1.29 is 9.90 Å². The van der Waals surface area contributed by atoms with Crippen LogP contribution in [0.2, 0.25) is 0 Å². The van der Waals surface area contributed by atoms with E-state index in [2.05, 4.69) is 17.1 Å². The van der Waals surface area contributed by atoms with Gasteiger partial charge in [0.15, 0.2) is 5.69 Å². The molecule has 0 spiro atoms. The summed E-state index contributed by atoms with van der Waals surface area (Å²) in [5.41, 5.74) is 1.20. The van der Waals surface area contributed by atoms with Gasteiger partial charge in [0.2, 0.25) is 0 Å². The minimum Gasteiger partial charge on any atom is -0.476 e. The molecule has 5 heteroatoms. The van der Waals surface area contributed by atoms with Gasteiger partial charge < -0.3 is 9.67 Å². The SMILES string of the molecule is CSc1ccc(Cn2cnc(C(=O)O)c2)cc1. The molecule has 0 unspecified atom stereocenters. The van der Waals surface area contributed by atoms with Crippen molar-refractivity contribution in [2.24, 2.45) is 0 Å². The zero-order valence-electron chi connectivity index (χ0n) is 9.33. The summed E-state index contributed by atoms with van der Waals surface area (Å²) < 4.78 is 1.76. The summed E-state index contributed by atoms with van der Waals surface area (Å²) in [6.45, 7) is 0.634. The number of hydrogen-bond acceptors (Lipinski definition) is 3. The Bertz CT molecular complexity index is 520. The molecule has 17 heavy (non-hydrogen) atoms. The lowest BCUT2D eigenvalue weighted by molar-refractivity contribution is 0.0691. The van der Waals surface area contributed by atoms with Crippen LogP contribution < -0.4 is 0 Å². The summed E-state index contributed by atoms with van der Waals surface area (Å²) in [6, 6.07) is 8.17. The number of thioether (sulfide) groups is 1. The first-order valence-corrected chi connectivity index (χ1v) is 6.29. The molecule has 0 bridgehead atoms. The Morgan fingerprint density at radius 2 is 2.12 bits per heavy atom. The van der Waals surface area contributed by atoms with E-state index < -0.39 is 5.97 Å². The third-order valence-corrected chi connectivity index (χ3v) is 3.12. The molecule has 0 aliphatic carbocycles. The van der Waals surface area contributed by atoms with Crippen LogP contribution in [0.5, 0.6) is 0 Å². The van der Waals surface area contributed by atoms with Gasteiger partial charge in [0.1, 0.15) is 0 Å². The second kappa shape index (κ2) is 5.05. The highest BCUT2D eigenvalue weighted by Crippen LogP contribution is 2.15. The Balaban J connectivity index is 2.11. The topological polar surface area (TPSA) is 55.1 Å². The highest BCUT2D eigenvalue weighted by Gasteiger charge is 2.06. The van der Waals surface area contributed by atoms with Gasteiger partial charge >= 0.3 is 5.97 Å². The minimum atomic E-state index is -0.999. The Labute approximate surface area is 103 Å². The number of hydrogen-bond donors (Lipinski definition) is 1. The van der Waals surface area contributed by atoms with E-state index in [1.165, 1.54) is 17.4 Å². The zero-order chi connectivity index (χ0) is 12.3. The molecule has 1 aromatic carbocycles. The molecular formula is C12H12N2O2S. The molecule has 1 N–H and O–H groups in total. The van der Waals surface area contributed by atoms with Crippen molar-refractivity contribution >= 4 is 17.7 Å². The lowest BCUT2D eigenvalue weighted by atomic mass is 10.2. The minimum absolute atomic E-state index is 0.0748. The molecule has 1 aromatic heterocycles. The number of benzene rings is 1. The first-order chi connectivity index (χ1) is 8.19. The summed E-state index contributed by atoms with van der Waals surface area (Å²) in [5.74, 6) is -0.999. The second-order valence-electron chi connectivity index (χ2n) is 3.58. The molecule has 0 radical (unpaired) electrons. The van der Waals surface area contributed by atoms with Gasteiger partial charge in [-0.05, 0) is 24.0 Å². The predicted molar refractivity (Wildman–Crippen MR) is 66.5 cm³/mol. The number of carboxylic acids is 1. The van der Waals surface area contributed by atoms with Gasteiger partial charge in [0, 0.05) is 17.6 Å². The number of imidazole rings is 1. The Morgan fingerprint density at radius 3 is 2.65 bits per heavy atom. The van der Waals surface area contributed by atoms with Crippen LogP contribution in [0.1, 0.15) is 16.1 Å². The van der Waals surface area contributed by atoms with Gasteiger partial charge in [-0.3, -0.25) is 0 Å². The predicted octanol–water partition coefficient (Wildman–Crippen LogP) is 2.35. The molecule has 1 heterocycles. The van der Waals surface area contributed by atoms with Crippen molar-refractivity contribution in [1.82, 2.24) is 9.55 Å². The van der Waals surface area contributed by atoms with Crippen molar-refractivity contribution in [2.45, 2.75) is 11.4 Å². The third kappa shape index (κ3) is 2.88. The van der Waals surface area contributed by atoms with E-state index in [0.717, 1.165) is 5.56 Å². The lowest BCUT2D eigenvalue weighted by Gasteiger charge is -2.03. The maximum absolute atomic E-state index is 10.7. The number of rotatable bonds is 4. The molecule has 2 rings (SSSR count). The molecule has 0 atom stereocenters. The molecule has 88 valence electrons. The fourth-order valence-electron chi connectivity index (χ4n) is 1.50. The van der Waals surface area contributed by atoms with Crippen molar-refractivity contribution in [3.05, 3.63) is 48.0 Å². The van der Waals surface area contributed by atoms with E-state index in [-0.39, 0.29) is 5.69 Å². The molecular weight excluding hydrogens is 236 g/mol. The normalized spacial score (nSPS) is 10.4. The summed E-state index contributed by atoms with van der Waals surface area (Å²) in [5, 5.41) is 8.75. The Hall–Kier alpha value is -1.75. The quantitative estimate of drug-likeness (QED) is 0.844. The molecule has 4 nitrogen and oxygen atoms in total. The average Bonchev–Trinajstić information content (AvgIpc) is 2.79. The third-order valence-electron chi connectivity index (χ3n) is 2.38. The highest BCUT2D eigenvalue weighted by molar-refractivity contribution is 7.98. The smallest absolute Gasteiger partial charge is 0.356 e. The van der Waals surface area contributed by atoms with Crippen LogP contribution in [-0.2, 0) is 6.54 Å². The Kier molecular flexibility index (Phi) is 3.49. The van der Waals surface area contributed by atoms with E-state index >= 15 is 0 Å². The zero-order valence-corrected chi connectivity index (χ0v) is 10.1. The van der Waals surface area contributed by atoms with Gasteiger partial charge in [-0.2, -0.15) is 0 Å². The van der Waals surface area contributed by atoms with Crippen LogP contribution in [0.4, 0.5) is 0 Å². The van der Waals surface area contributed by atoms with Gasteiger partial charge in [0.05, 0.1) is 6.33 Å². The number of carbonyl (C=O) groups is 1. The van der Waals surface area contributed by atoms with Gasteiger partial charge in [-0.1, -0.05) is 12.1 Å². The second-order valence-corrected chi connectivity index (χ2v) is 4.46. The van der Waals surface area contributed by atoms with Crippen LogP contribution in [0.25, 0.3) is 0 Å². The van der Waals surface area contributed by atoms with Gasteiger partial charge in [-0.15, -0.1) is 11.8 Å². The van der Waals surface area contributed by atoms with E-state index in [9.17, 15) is 4.79 Å². The summed E-state index contributed by atoms with van der Waals surface area (Å²) in [7, 11) is 0. The van der Waals surface area contributed by atoms with Crippen molar-refractivity contribution in [1.29, 1.82) is 0 Å². The summed E-state index contributed by atoms with van der Waals surface area (Å²) in [4.78, 5) is 15.7. The van der Waals surface area contributed by atoms with Crippen molar-refractivity contribution in [2.75, 3.05) is 6.26 Å².